The first kappa shape index (κ1) is 20.1. The maximum atomic E-state index is 2.60. The van der Waals surface area contributed by atoms with Gasteiger partial charge in [-0.15, -0.1) is 0 Å². The molecule has 0 radical (unpaired) electrons. The van der Waals surface area contributed by atoms with Crippen LogP contribution in [-0.2, 0) is 0 Å². The maximum Gasteiger partial charge on any atom is 0.0554 e. The first-order chi connectivity index (χ1) is 14.8. The van der Waals surface area contributed by atoms with Crippen LogP contribution in [-0.4, -0.2) is 32.7 Å². The minimum Gasteiger partial charge on any atom is -0.372 e. The van der Waals surface area contributed by atoms with E-state index in [0.29, 0.717) is 0 Å². The molecule has 30 heavy (non-hydrogen) atoms. The van der Waals surface area contributed by atoms with E-state index in [0.717, 1.165) is 6.54 Å². The maximum absolute atomic E-state index is 2.60. The van der Waals surface area contributed by atoms with Gasteiger partial charge in [0, 0.05) is 53.9 Å². The molecule has 2 saturated heterocycles. The summed E-state index contributed by atoms with van der Waals surface area (Å²) in [6.07, 6.45) is 10.5. The molecule has 0 atom stereocenters. The third-order valence-electron chi connectivity index (χ3n) is 6.87. The minimum atomic E-state index is 1.12. The molecular weight excluding hydrogens is 386 g/mol. The summed E-state index contributed by atoms with van der Waals surface area (Å²) in [7, 11) is 0. The van der Waals surface area contributed by atoms with E-state index in [1.807, 2.05) is 11.8 Å². The molecule has 0 amide bonds. The number of rotatable bonds is 7. The number of benzene rings is 2. The summed E-state index contributed by atoms with van der Waals surface area (Å²) in [5.41, 5.74) is 5.62. The molecule has 4 heteroatoms. The van der Waals surface area contributed by atoms with E-state index in [1.54, 1.807) is 0 Å². The summed E-state index contributed by atoms with van der Waals surface area (Å²) in [4.78, 5) is 10.6. The van der Waals surface area contributed by atoms with Crippen LogP contribution in [0.4, 0.5) is 22.7 Å². The smallest absolute Gasteiger partial charge is 0.0554 e. The third-order valence-corrected chi connectivity index (χ3v) is 7.96. The van der Waals surface area contributed by atoms with Crippen molar-refractivity contribution in [3.8, 4) is 0 Å². The van der Waals surface area contributed by atoms with Crippen molar-refractivity contribution >= 4 is 34.5 Å². The van der Waals surface area contributed by atoms with Crippen LogP contribution < -0.4 is 14.7 Å². The Labute approximate surface area is 186 Å². The van der Waals surface area contributed by atoms with Crippen molar-refractivity contribution in [3.63, 3.8) is 0 Å². The average Bonchev–Trinajstić information content (AvgIpc) is 3.50. The van der Waals surface area contributed by atoms with Crippen LogP contribution in [0.3, 0.4) is 0 Å². The number of nitrogens with zero attached hydrogens (tertiary/aromatic N) is 3. The van der Waals surface area contributed by atoms with E-state index in [2.05, 4.69) is 58.0 Å². The topological polar surface area (TPSA) is 9.72 Å². The summed E-state index contributed by atoms with van der Waals surface area (Å²) in [6.45, 7) is 8.24. The van der Waals surface area contributed by atoms with Crippen LogP contribution >= 0.6 is 11.8 Å². The van der Waals surface area contributed by atoms with E-state index in [9.17, 15) is 0 Å². The highest BCUT2D eigenvalue weighted by molar-refractivity contribution is 7.99. The highest BCUT2D eigenvalue weighted by Gasteiger charge is 2.26. The molecule has 160 valence electrons. The van der Waals surface area contributed by atoms with Gasteiger partial charge in [-0.05, 0) is 68.5 Å². The highest BCUT2D eigenvalue weighted by Crippen LogP contribution is 2.50. The third kappa shape index (κ3) is 4.03. The zero-order valence-electron chi connectivity index (χ0n) is 18.4. The van der Waals surface area contributed by atoms with E-state index < -0.39 is 0 Å². The van der Waals surface area contributed by atoms with Crippen LogP contribution in [0.1, 0.15) is 58.3 Å². The Hall–Kier alpha value is -1.81. The number of hydrogen-bond donors (Lipinski definition) is 0. The Morgan fingerprint density at radius 1 is 0.700 bits per heavy atom. The number of anilines is 4. The second kappa shape index (κ2) is 9.13. The van der Waals surface area contributed by atoms with Crippen molar-refractivity contribution in [2.45, 2.75) is 68.1 Å². The Bertz CT molecular complexity index is 803. The van der Waals surface area contributed by atoms with Gasteiger partial charge in [-0.25, -0.2) is 0 Å². The van der Waals surface area contributed by atoms with Gasteiger partial charge in [-0.1, -0.05) is 37.9 Å². The largest absolute Gasteiger partial charge is 0.372 e. The minimum absolute atomic E-state index is 1.12. The SMILES string of the molecule is CCCCCCN1c2ccc(N3CCCC3)cc2Sc2cc(N3CCCC3)ccc21. The fraction of sp³-hybridized carbons (Fsp3) is 0.538. The number of hydrogen-bond acceptors (Lipinski definition) is 4. The lowest BCUT2D eigenvalue weighted by Gasteiger charge is -2.34. The molecule has 2 fully saturated rings. The quantitative estimate of drug-likeness (QED) is 0.442. The molecule has 3 aliphatic rings. The molecule has 0 spiro atoms. The Morgan fingerprint density at radius 3 is 1.73 bits per heavy atom. The molecule has 2 aromatic carbocycles. The Balaban J connectivity index is 1.46. The predicted octanol–water partition coefficient (Wildman–Crippen LogP) is 7.07. The first-order valence-electron chi connectivity index (χ1n) is 12.1. The van der Waals surface area contributed by atoms with E-state index in [1.165, 1.54) is 110 Å². The summed E-state index contributed by atoms with van der Waals surface area (Å²) in [5, 5.41) is 0. The lowest BCUT2D eigenvalue weighted by atomic mass is 10.1. The van der Waals surface area contributed by atoms with Gasteiger partial charge in [0.25, 0.3) is 0 Å². The molecule has 0 N–H and O–H groups in total. The van der Waals surface area contributed by atoms with Gasteiger partial charge in [0.1, 0.15) is 0 Å². The zero-order valence-corrected chi connectivity index (χ0v) is 19.2. The summed E-state index contributed by atoms with van der Waals surface area (Å²) < 4.78 is 0. The van der Waals surface area contributed by atoms with Crippen molar-refractivity contribution in [1.82, 2.24) is 0 Å². The second-order valence-corrected chi connectivity index (χ2v) is 10.1. The van der Waals surface area contributed by atoms with Crippen LogP contribution in [0, 0.1) is 0 Å². The number of fused-ring (bicyclic) bond motifs is 2. The van der Waals surface area contributed by atoms with Gasteiger partial charge in [-0.2, -0.15) is 0 Å². The molecule has 0 aromatic heterocycles. The van der Waals surface area contributed by atoms with Crippen LogP contribution in [0.5, 0.6) is 0 Å². The fourth-order valence-corrected chi connectivity index (χ4v) is 6.31. The highest BCUT2D eigenvalue weighted by atomic mass is 32.2. The van der Waals surface area contributed by atoms with E-state index in [4.69, 9.17) is 0 Å². The zero-order chi connectivity index (χ0) is 20.3. The molecule has 3 nitrogen and oxygen atoms in total. The normalized spacial score (nSPS) is 18.1. The summed E-state index contributed by atoms with van der Waals surface area (Å²) in [5.74, 6) is 0. The standard InChI is InChI=1S/C26H35N3S/c1-2-3-4-5-18-29-23-12-10-21(27-14-6-7-15-27)19-25(23)30-26-20-22(11-13-24(26)29)28-16-8-9-17-28/h10-13,19-20H,2-9,14-18H2,1H3. The van der Waals surface area contributed by atoms with Crippen molar-refractivity contribution in [2.75, 3.05) is 47.4 Å². The first-order valence-corrected chi connectivity index (χ1v) is 12.9. The fourth-order valence-electron chi connectivity index (χ4n) is 5.14. The molecule has 3 heterocycles. The summed E-state index contributed by atoms with van der Waals surface area (Å²) >= 11 is 1.98. The lowest BCUT2D eigenvalue weighted by molar-refractivity contribution is 0.665. The predicted molar refractivity (Wildman–Crippen MR) is 131 cm³/mol. The molecule has 0 unspecified atom stereocenters. The molecule has 5 rings (SSSR count). The monoisotopic (exact) mass is 421 g/mol. The van der Waals surface area contributed by atoms with Gasteiger partial charge in [0.2, 0.25) is 0 Å². The van der Waals surface area contributed by atoms with Gasteiger partial charge in [0.15, 0.2) is 0 Å². The average molecular weight is 422 g/mol. The van der Waals surface area contributed by atoms with E-state index in [-0.39, 0.29) is 0 Å². The number of unbranched alkanes of at least 4 members (excludes halogenated alkanes) is 3. The molecule has 0 bridgehead atoms. The molecule has 2 aromatic rings. The lowest BCUT2D eigenvalue weighted by Crippen LogP contribution is -2.24. The van der Waals surface area contributed by atoms with Crippen molar-refractivity contribution in [1.29, 1.82) is 0 Å². The van der Waals surface area contributed by atoms with Gasteiger partial charge in [-0.3, -0.25) is 0 Å². The Kier molecular flexibility index (Phi) is 6.12. The Morgan fingerprint density at radius 2 is 1.23 bits per heavy atom. The van der Waals surface area contributed by atoms with Crippen LogP contribution in [0.2, 0.25) is 0 Å². The summed E-state index contributed by atoms with van der Waals surface area (Å²) in [6, 6.07) is 14.4. The molecule has 3 aliphatic heterocycles. The van der Waals surface area contributed by atoms with Crippen LogP contribution in [0.25, 0.3) is 0 Å². The van der Waals surface area contributed by atoms with Crippen molar-refractivity contribution in [2.24, 2.45) is 0 Å². The van der Waals surface area contributed by atoms with Gasteiger partial charge >= 0.3 is 0 Å². The van der Waals surface area contributed by atoms with Gasteiger partial charge < -0.3 is 14.7 Å². The van der Waals surface area contributed by atoms with Crippen LogP contribution in [0.15, 0.2) is 46.2 Å². The molecule has 0 aliphatic carbocycles. The van der Waals surface area contributed by atoms with E-state index >= 15 is 0 Å². The molecular formula is C26H35N3S. The van der Waals surface area contributed by atoms with Crippen molar-refractivity contribution in [3.05, 3.63) is 36.4 Å². The molecule has 0 saturated carbocycles. The van der Waals surface area contributed by atoms with Gasteiger partial charge in [0.05, 0.1) is 11.4 Å². The van der Waals surface area contributed by atoms with Crippen molar-refractivity contribution < 1.29 is 0 Å². The second-order valence-electron chi connectivity index (χ2n) is 9.01.